The standard InChI is InChI=1S/C17H17N3O2S/c1-21-10-6-7-12(13(8-10)22-2)20-16-15-11-4-3-5-14(11)23-17(15)19-9-18-16/h6-9H,3-5H2,1-2H3,(H,18,19,20). The highest BCUT2D eigenvalue weighted by Crippen LogP contribution is 2.40. The van der Waals surface area contributed by atoms with Crippen LogP contribution >= 0.6 is 11.3 Å². The Morgan fingerprint density at radius 2 is 2.04 bits per heavy atom. The van der Waals surface area contributed by atoms with Crippen LogP contribution in [0.3, 0.4) is 0 Å². The molecule has 1 N–H and O–H groups in total. The van der Waals surface area contributed by atoms with Gasteiger partial charge in [-0.3, -0.25) is 0 Å². The van der Waals surface area contributed by atoms with E-state index in [2.05, 4.69) is 15.3 Å². The lowest BCUT2D eigenvalue weighted by molar-refractivity contribution is 0.395. The van der Waals surface area contributed by atoms with E-state index in [4.69, 9.17) is 9.47 Å². The molecule has 2 heterocycles. The van der Waals surface area contributed by atoms with Crippen molar-refractivity contribution in [2.24, 2.45) is 0 Å². The fourth-order valence-electron chi connectivity index (χ4n) is 3.05. The van der Waals surface area contributed by atoms with Gasteiger partial charge in [0.25, 0.3) is 0 Å². The summed E-state index contributed by atoms with van der Waals surface area (Å²) in [6.07, 6.45) is 5.10. The van der Waals surface area contributed by atoms with Gasteiger partial charge in [-0.15, -0.1) is 11.3 Å². The second kappa shape index (κ2) is 5.70. The third-order valence-electron chi connectivity index (χ3n) is 4.16. The molecule has 0 bridgehead atoms. The van der Waals surface area contributed by atoms with Gasteiger partial charge >= 0.3 is 0 Å². The number of anilines is 2. The Labute approximate surface area is 138 Å². The Hall–Kier alpha value is -2.34. The molecule has 0 fully saturated rings. The van der Waals surface area contributed by atoms with E-state index >= 15 is 0 Å². The Bertz CT molecular complexity index is 876. The first-order chi connectivity index (χ1) is 11.3. The highest BCUT2D eigenvalue weighted by Gasteiger charge is 2.21. The second-order valence-corrected chi connectivity index (χ2v) is 6.53. The monoisotopic (exact) mass is 327 g/mol. The van der Waals surface area contributed by atoms with Crippen molar-refractivity contribution in [1.29, 1.82) is 0 Å². The van der Waals surface area contributed by atoms with Crippen LogP contribution in [-0.4, -0.2) is 24.2 Å². The number of aromatic nitrogens is 2. The zero-order valence-corrected chi connectivity index (χ0v) is 13.9. The van der Waals surface area contributed by atoms with Gasteiger partial charge in [0.2, 0.25) is 0 Å². The third kappa shape index (κ3) is 2.39. The Balaban J connectivity index is 1.79. The topological polar surface area (TPSA) is 56.3 Å². The van der Waals surface area contributed by atoms with Gasteiger partial charge in [0, 0.05) is 10.9 Å². The highest BCUT2D eigenvalue weighted by molar-refractivity contribution is 7.19. The first kappa shape index (κ1) is 14.3. The average molecular weight is 327 g/mol. The molecule has 0 amide bonds. The number of aryl methyl sites for hydroxylation is 2. The lowest BCUT2D eigenvalue weighted by Gasteiger charge is -2.13. The molecule has 1 aromatic carbocycles. The number of rotatable bonds is 4. The number of fused-ring (bicyclic) bond motifs is 3. The van der Waals surface area contributed by atoms with Gasteiger partial charge in [-0.2, -0.15) is 0 Å². The third-order valence-corrected chi connectivity index (χ3v) is 5.36. The number of benzene rings is 1. The molecule has 1 aliphatic carbocycles. The molecule has 0 saturated carbocycles. The number of nitrogens with zero attached hydrogens (tertiary/aromatic N) is 2. The van der Waals surface area contributed by atoms with Gasteiger partial charge in [0.05, 0.1) is 25.3 Å². The molecule has 3 aromatic rings. The van der Waals surface area contributed by atoms with E-state index in [1.807, 2.05) is 18.2 Å². The first-order valence-electron chi connectivity index (χ1n) is 7.54. The molecule has 0 unspecified atom stereocenters. The number of hydrogen-bond donors (Lipinski definition) is 1. The number of hydrogen-bond acceptors (Lipinski definition) is 6. The average Bonchev–Trinajstić information content (AvgIpc) is 3.16. The van der Waals surface area contributed by atoms with Crippen molar-refractivity contribution in [1.82, 2.24) is 9.97 Å². The predicted octanol–water partition coefficient (Wildman–Crippen LogP) is 3.94. The van der Waals surface area contributed by atoms with Crippen LogP contribution in [0.1, 0.15) is 16.9 Å². The van der Waals surface area contributed by atoms with Crippen LogP contribution in [-0.2, 0) is 12.8 Å². The molecule has 0 aliphatic heterocycles. The molecular weight excluding hydrogens is 310 g/mol. The van der Waals surface area contributed by atoms with Crippen LogP contribution in [0.4, 0.5) is 11.5 Å². The van der Waals surface area contributed by atoms with Crippen LogP contribution in [0.15, 0.2) is 24.5 Å². The summed E-state index contributed by atoms with van der Waals surface area (Å²) in [4.78, 5) is 11.4. The van der Waals surface area contributed by atoms with E-state index in [1.54, 1.807) is 31.9 Å². The molecule has 0 radical (unpaired) electrons. The molecule has 6 heteroatoms. The summed E-state index contributed by atoms with van der Waals surface area (Å²) in [7, 11) is 3.29. The van der Waals surface area contributed by atoms with E-state index < -0.39 is 0 Å². The lowest BCUT2D eigenvalue weighted by atomic mass is 10.2. The van der Waals surface area contributed by atoms with E-state index in [-0.39, 0.29) is 0 Å². The number of methoxy groups -OCH3 is 2. The Morgan fingerprint density at radius 1 is 1.13 bits per heavy atom. The SMILES string of the molecule is COc1ccc(Nc2ncnc3sc4c(c23)CCC4)c(OC)c1. The van der Waals surface area contributed by atoms with Crippen LogP contribution in [0.2, 0.25) is 0 Å². The summed E-state index contributed by atoms with van der Waals surface area (Å²) < 4.78 is 10.7. The second-order valence-electron chi connectivity index (χ2n) is 5.45. The minimum absolute atomic E-state index is 0.725. The fraction of sp³-hybridized carbons (Fsp3) is 0.294. The van der Waals surface area contributed by atoms with Crippen molar-refractivity contribution >= 4 is 33.1 Å². The van der Waals surface area contributed by atoms with Crippen LogP contribution in [0.5, 0.6) is 11.5 Å². The van der Waals surface area contributed by atoms with Crippen LogP contribution < -0.4 is 14.8 Å². The van der Waals surface area contributed by atoms with E-state index in [0.29, 0.717) is 0 Å². The summed E-state index contributed by atoms with van der Waals surface area (Å²) >= 11 is 1.78. The van der Waals surface area contributed by atoms with Crippen molar-refractivity contribution in [2.45, 2.75) is 19.3 Å². The summed E-state index contributed by atoms with van der Waals surface area (Å²) in [5.74, 6) is 2.33. The minimum atomic E-state index is 0.725. The zero-order chi connectivity index (χ0) is 15.8. The summed E-state index contributed by atoms with van der Waals surface area (Å²) in [5, 5.41) is 4.56. The van der Waals surface area contributed by atoms with Gasteiger partial charge in [-0.05, 0) is 37.0 Å². The lowest BCUT2D eigenvalue weighted by Crippen LogP contribution is -1.99. The fourth-order valence-corrected chi connectivity index (χ4v) is 4.28. The molecule has 2 aromatic heterocycles. The molecule has 1 aliphatic rings. The minimum Gasteiger partial charge on any atom is -0.497 e. The largest absolute Gasteiger partial charge is 0.497 e. The van der Waals surface area contributed by atoms with E-state index in [1.165, 1.54) is 16.9 Å². The van der Waals surface area contributed by atoms with Gasteiger partial charge in [0.1, 0.15) is 28.5 Å². The smallest absolute Gasteiger partial charge is 0.146 e. The molecule has 5 nitrogen and oxygen atoms in total. The number of ether oxygens (including phenoxy) is 2. The maximum atomic E-state index is 5.46. The normalized spacial score (nSPS) is 13.1. The van der Waals surface area contributed by atoms with Crippen molar-refractivity contribution in [3.05, 3.63) is 35.0 Å². The molecule has 118 valence electrons. The molecule has 23 heavy (non-hydrogen) atoms. The Kier molecular flexibility index (Phi) is 3.53. The first-order valence-corrected chi connectivity index (χ1v) is 8.36. The van der Waals surface area contributed by atoms with Gasteiger partial charge in [-0.1, -0.05) is 0 Å². The maximum absolute atomic E-state index is 5.46. The van der Waals surface area contributed by atoms with Crippen LogP contribution in [0.25, 0.3) is 10.2 Å². The number of thiophene rings is 1. The van der Waals surface area contributed by atoms with Crippen molar-refractivity contribution < 1.29 is 9.47 Å². The molecule has 0 spiro atoms. The molecular formula is C17H17N3O2S. The van der Waals surface area contributed by atoms with Crippen molar-refractivity contribution in [2.75, 3.05) is 19.5 Å². The van der Waals surface area contributed by atoms with Crippen LogP contribution in [0, 0.1) is 0 Å². The summed E-state index contributed by atoms with van der Waals surface area (Å²) in [6.45, 7) is 0. The molecule has 4 rings (SSSR count). The zero-order valence-electron chi connectivity index (χ0n) is 13.0. The Morgan fingerprint density at radius 3 is 2.87 bits per heavy atom. The molecule has 0 atom stereocenters. The summed E-state index contributed by atoms with van der Waals surface area (Å²) in [5.41, 5.74) is 2.27. The highest BCUT2D eigenvalue weighted by atomic mass is 32.1. The van der Waals surface area contributed by atoms with Gasteiger partial charge in [-0.25, -0.2) is 9.97 Å². The predicted molar refractivity (Wildman–Crippen MR) is 92.3 cm³/mol. The van der Waals surface area contributed by atoms with Crippen molar-refractivity contribution in [3.8, 4) is 11.5 Å². The van der Waals surface area contributed by atoms with Gasteiger partial charge < -0.3 is 14.8 Å². The van der Waals surface area contributed by atoms with Crippen molar-refractivity contribution in [3.63, 3.8) is 0 Å². The van der Waals surface area contributed by atoms with E-state index in [0.717, 1.165) is 46.1 Å². The quantitative estimate of drug-likeness (QED) is 0.786. The van der Waals surface area contributed by atoms with Gasteiger partial charge in [0.15, 0.2) is 0 Å². The molecule has 0 saturated heterocycles. The van der Waals surface area contributed by atoms with E-state index in [9.17, 15) is 0 Å². The summed E-state index contributed by atoms with van der Waals surface area (Å²) in [6, 6.07) is 5.71. The number of nitrogens with one attached hydrogen (secondary N) is 1. The maximum Gasteiger partial charge on any atom is 0.146 e.